The van der Waals surface area contributed by atoms with Crippen LogP contribution in [-0.2, 0) is 16.1 Å². The summed E-state index contributed by atoms with van der Waals surface area (Å²) < 4.78 is 8.08. The smallest absolute Gasteiger partial charge is 0.381 e. The SMILES string of the molecule is CO[C@@H]1CCN(c2nc3cc(C4NOC(=O)N4)nc(-c4cncc(Cl)c4)c3n2CC2CCC(C)CC2)[C@H](C)C1. The molecule has 1 saturated carbocycles. The van der Waals surface area contributed by atoms with E-state index < -0.39 is 12.3 Å². The number of pyridine rings is 2. The molecule has 3 aliphatic rings. The fourth-order valence-corrected chi connectivity index (χ4v) is 6.45. The normalized spacial score (nSPS) is 27.5. The van der Waals surface area contributed by atoms with Gasteiger partial charge in [-0.15, -0.1) is 5.48 Å². The van der Waals surface area contributed by atoms with Gasteiger partial charge in [0.2, 0.25) is 5.95 Å². The first-order chi connectivity index (χ1) is 18.9. The summed E-state index contributed by atoms with van der Waals surface area (Å²) in [6, 6.07) is 4.10. The van der Waals surface area contributed by atoms with Crippen LogP contribution in [0.2, 0.25) is 5.02 Å². The second-order valence-corrected chi connectivity index (χ2v) is 11.7. The molecule has 0 spiro atoms. The van der Waals surface area contributed by atoms with Crippen LogP contribution in [0.15, 0.2) is 24.5 Å². The summed E-state index contributed by atoms with van der Waals surface area (Å²) >= 11 is 6.39. The van der Waals surface area contributed by atoms with Crippen LogP contribution in [0, 0.1) is 11.8 Å². The highest BCUT2D eigenvalue weighted by Gasteiger charge is 2.33. The number of aromatic nitrogens is 4. The lowest BCUT2D eigenvalue weighted by Gasteiger charge is -2.38. The Hall–Kier alpha value is -2.95. The number of fused-ring (bicyclic) bond motifs is 1. The molecular weight excluding hydrogens is 518 g/mol. The van der Waals surface area contributed by atoms with Gasteiger partial charge in [-0.3, -0.25) is 10.3 Å². The molecule has 6 rings (SSSR count). The number of rotatable bonds is 6. The molecule has 2 aliphatic heterocycles. The number of ether oxygens (including phenoxy) is 1. The van der Waals surface area contributed by atoms with E-state index in [-0.39, 0.29) is 12.1 Å². The van der Waals surface area contributed by atoms with E-state index in [9.17, 15) is 4.79 Å². The molecule has 3 aromatic heterocycles. The molecule has 11 heteroatoms. The van der Waals surface area contributed by atoms with Gasteiger partial charge in [0.05, 0.1) is 33.5 Å². The van der Waals surface area contributed by atoms with Crippen LogP contribution in [0.5, 0.6) is 0 Å². The van der Waals surface area contributed by atoms with Crippen molar-refractivity contribution in [3.05, 3.63) is 35.2 Å². The Kier molecular flexibility index (Phi) is 7.35. The molecule has 3 aromatic rings. The molecule has 2 saturated heterocycles. The number of amides is 1. The predicted octanol–water partition coefficient (Wildman–Crippen LogP) is 5.22. The fraction of sp³-hybridized carbons (Fsp3) is 0.571. The zero-order valence-electron chi connectivity index (χ0n) is 22.7. The zero-order valence-corrected chi connectivity index (χ0v) is 23.4. The van der Waals surface area contributed by atoms with Gasteiger partial charge in [-0.2, -0.15) is 0 Å². The van der Waals surface area contributed by atoms with E-state index in [0.717, 1.165) is 60.1 Å². The number of carbonyl (C=O) groups is 1. The molecule has 0 radical (unpaired) electrons. The first-order valence-corrected chi connectivity index (χ1v) is 14.3. The maximum absolute atomic E-state index is 11.8. The number of hydrogen-bond acceptors (Lipinski definition) is 8. The largest absolute Gasteiger partial charge is 0.427 e. The monoisotopic (exact) mass is 553 g/mol. The molecule has 5 heterocycles. The quantitative estimate of drug-likeness (QED) is 0.428. The van der Waals surface area contributed by atoms with Crippen molar-refractivity contribution in [3.63, 3.8) is 0 Å². The lowest BCUT2D eigenvalue weighted by atomic mass is 9.83. The first kappa shape index (κ1) is 26.3. The zero-order chi connectivity index (χ0) is 27.1. The van der Waals surface area contributed by atoms with Gasteiger partial charge in [-0.05, 0) is 56.6 Å². The highest BCUT2D eigenvalue weighted by Crippen LogP contribution is 2.38. The topological polar surface area (TPSA) is 106 Å². The summed E-state index contributed by atoms with van der Waals surface area (Å²) in [5.41, 5.74) is 6.65. The van der Waals surface area contributed by atoms with Crippen molar-refractivity contribution in [2.24, 2.45) is 11.8 Å². The lowest BCUT2D eigenvalue weighted by molar-refractivity contribution is 0.0716. The molecule has 208 valence electrons. The van der Waals surface area contributed by atoms with E-state index in [1.807, 2.05) is 12.1 Å². The van der Waals surface area contributed by atoms with Crippen molar-refractivity contribution >= 4 is 34.7 Å². The number of carbonyl (C=O) groups excluding carboxylic acids is 1. The number of methoxy groups -OCH3 is 1. The molecule has 1 aliphatic carbocycles. The molecule has 3 fully saturated rings. The summed E-state index contributed by atoms with van der Waals surface area (Å²) in [4.78, 5) is 33.8. The first-order valence-electron chi connectivity index (χ1n) is 13.9. The Bertz CT molecular complexity index is 1360. The van der Waals surface area contributed by atoms with Crippen molar-refractivity contribution in [1.82, 2.24) is 30.3 Å². The van der Waals surface area contributed by atoms with E-state index >= 15 is 0 Å². The van der Waals surface area contributed by atoms with Crippen LogP contribution in [0.1, 0.15) is 64.2 Å². The highest BCUT2D eigenvalue weighted by molar-refractivity contribution is 6.30. The fourth-order valence-electron chi connectivity index (χ4n) is 6.28. The Morgan fingerprint density at radius 3 is 2.64 bits per heavy atom. The van der Waals surface area contributed by atoms with Crippen LogP contribution in [-0.4, -0.2) is 51.4 Å². The van der Waals surface area contributed by atoms with Gasteiger partial charge in [-0.25, -0.2) is 14.8 Å². The second-order valence-electron chi connectivity index (χ2n) is 11.3. The molecule has 0 bridgehead atoms. The molecule has 1 unspecified atom stereocenters. The highest BCUT2D eigenvalue weighted by atomic mass is 35.5. The third-order valence-electron chi connectivity index (χ3n) is 8.52. The number of imidazole rings is 1. The van der Waals surface area contributed by atoms with Crippen molar-refractivity contribution in [2.45, 2.75) is 77.2 Å². The van der Waals surface area contributed by atoms with Crippen LogP contribution in [0.3, 0.4) is 0 Å². The number of nitrogens with one attached hydrogen (secondary N) is 2. The number of hydroxylamine groups is 1. The maximum Gasteiger partial charge on any atom is 0.427 e. The van der Waals surface area contributed by atoms with Crippen molar-refractivity contribution in [1.29, 1.82) is 0 Å². The lowest BCUT2D eigenvalue weighted by Crippen LogP contribution is -2.44. The minimum atomic E-state index is -0.586. The minimum absolute atomic E-state index is 0.257. The van der Waals surface area contributed by atoms with Gasteiger partial charge in [0.15, 0.2) is 6.17 Å². The molecule has 3 atom stereocenters. The van der Waals surface area contributed by atoms with Crippen molar-refractivity contribution in [3.8, 4) is 11.3 Å². The molecule has 10 nitrogen and oxygen atoms in total. The van der Waals surface area contributed by atoms with Crippen LogP contribution < -0.4 is 15.7 Å². The Morgan fingerprint density at radius 2 is 1.95 bits per heavy atom. The van der Waals surface area contributed by atoms with Crippen molar-refractivity contribution in [2.75, 3.05) is 18.6 Å². The summed E-state index contributed by atoms with van der Waals surface area (Å²) in [5, 5.41) is 3.30. The van der Waals surface area contributed by atoms with Gasteiger partial charge in [0.1, 0.15) is 0 Å². The van der Waals surface area contributed by atoms with Gasteiger partial charge < -0.3 is 19.0 Å². The van der Waals surface area contributed by atoms with E-state index in [1.165, 1.54) is 25.7 Å². The van der Waals surface area contributed by atoms with Crippen LogP contribution in [0.25, 0.3) is 22.3 Å². The number of piperidine rings is 1. The predicted molar refractivity (Wildman–Crippen MR) is 149 cm³/mol. The molecule has 39 heavy (non-hydrogen) atoms. The van der Waals surface area contributed by atoms with E-state index in [4.69, 9.17) is 31.1 Å². The van der Waals surface area contributed by atoms with E-state index in [1.54, 1.807) is 19.5 Å². The number of anilines is 1. The average molecular weight is 554 g/mol. The second kappa shape index (κ2) is 10.9. The van der Waals surface area contributed by atoms with E-state index in [2.05, 4.69) is 39.1 Å². The third kappa shape index (κ3) is 5.29. The van der Waals surface area contributed by atoms with Crippen molar-refractivity contribution < 1.29 is 14.4 Å². The average Bonchev–Trinajstić information content (AvgIpc) is 3.53. The van der Waals surface area contributed by atoms with Gasteiger partial charge in [-0.1, -0.05) is 31.4 Å². The third-order valence-corrected chi connectivity index (χ3v) is 8.73. The summed E-state index contributed by atoms with van der Waals surface area (Å²) in [7, 11) is 1.80. The maximum atomic E-state index is 11.8. The summed E-state index contributed by atoms with van der Waals surface area (Å²) in [6.07, 6.45) is 9.34. The van der Waals surface area contributed by atoms with E-state index in [0.29, 0.717) is 16.6 Å². The van der Waals surface area contributed by atoms with Gasteiger partial charge in [0.25, 0.3) is 0 Å². The number of hydrogen-bond donors (Lipinski definition) is 2. The van der Waals surface area contributed by atoms with Crippen LogP contribution in [0.4, 0.5) is 10.7 Å². The van der Waals surface area contributed by atoms with Gasteiger partial charge in [0, 0.05) is 44.2 Å². The summed E-state index contributed by atoms with van der Waals surface area (Å²) in [5.74, 6) is 2.31. The minimum Gasteiger partial charge on any atom is -0.381 e. The number of halogens is 1. The Balaban J connectivity index is 1.52. The summed E-state index contributed by atoms with van der Waals surface area (Å²) in [6.45, 7) is 6.34. The van der Waals surface area contributed by atoms with Crippen LogP contribution >= 0.6 is 11.6 Å². The molecule has 1 amide bonds. The Labute approximate surface area is 233 Å². The molecular formula is C28H36ClN7O3. The van der Waals surface area contributed by atoms with Gasteiger partial charge >= 0.3 is 6.09 Å². The molecule has 0 aromatic carbocycles. The Morgan fingerprint density at radius 1 is 1.13 bits per heavy atom. The molecule has 2 N–H and O–H groups in total. The number of nitrogens with zero attached hydrogens (tertiary/aromatic N) is 5. The standard InChI is InChI=1S/C28H36ClN7O3/c1-16-4-6-18(7-5-16)15-36-25-22(32-27(36)35-9-8-21(38-3)10-17(35)2)12-23(26-33-28(37)39-34-26)31-24(25)19-11-20(29)14-30-13-19/h11-14,16-18,21,26,34H,4-10,15H2,1-3H3,(H,33,37)/t16?,17-,18?,21-,26?/m1/s1.